The minimum Gasteiger partial charge on any atom is -0.497 e. The van der Waals surface area contributed by atoms with Crippen LogP contribution in [0.2, 0.25) is 0 Å². The molecule has 2 amide bonds. The number of hydrogen-bond donors (Lipinski definition) is 3. The summed E-state index contributed by atoms with van der Waals surface area (Å²) >= 11 is 0. The van der Waals surface area contributed by atoms with Crippen LogP contribution in [0.4, 0.5) is 16.3 Å². The van der Waals surface area contributed by atoms with Gasteiger partial charge in [-0.3, -0.25) is 10.00 Å². The molecular weight excluding hydrogens is 416 g/mol. The highest BCUT2D eigenvalue weighted by molar-refractivity contribution is 5.99. The molecule has 0 fully saturated rings. The van der Waals surface area contributed by atoms with Crippen LogP contribution in [0.1, 0.15) is 5.56 Å². The maximum Gasteiger partial charge on any atom is 0.324 e. The third kappa shape index (κ3) is 4.54. The number of urea groups is 1. The van der Waals surface area contributed by atoms with Gasteiger partial charge in [0.25, 0.3) is 0 Å². The molecule has 2 heterocycles. The highest BCUT2D eigenvalue weighted by Gasteiger charge is 2.16. The summed E-state index contributed by atoms with van der Waals surface area (Å²) in [5.41, 5.74) is 4.29. The van der Waals surface area contributed by atoms with E-state index in [0.29, 0.717) is 23.9 Å². The second-order valence-electron chi connectivity index (χ2n) is 7.47. The second-order valence-corrected chi connectivity index (χ2v) is 7.47. The Morgan fingerprint density at radius 2 is 1.73 bits per heavy atom. The van der Waals surface area contributed by atoms with E-state index < -0.39 is 0 Å². The van der Waals surface area contributed by atoms with Gasteiger partial charge in [0.05, 0.1) is 24.7 Å². The van der Waals surface area contributed by atoms with E-state index in [1.807, 2.05) is 89.6 Å². The number of aromatic amines is 1. The van der Waals surface area contributed by atoms with Crippen molar-refractivity contribution in [3.63, 3.8) is 0 Å². The molecule has 2 aromatic heterocycles. The number of methoxy groups -OCH3 is 1. The summed E-state index contributed by atoms with van der Waals surface area (Å²) < 4.78 is 7.07. The Kier molecular flexibility index (Phi) is 5.47. The number of para-hydroxylation sites is 3. The van der Waals surface area contributed by atoms with Crippen molar-refractivity contribution in [2.75, 3.05) is 17.7 Å². The van der Waals surface area contributed by atoms with E-state index in [0.717, 1.165) is 28.0 Å². The van der Waals surface area contributed by atoms with Gasteiger partial charge in [-0.2, -0.15) is 5.10 Å². The summed E-state index contributed by atoms with van der Waals surface area (Å²) in [7, 11) is 1.64. The van der Waals surface area contributed by atoms with Crippen LogP contribution in [-0.2, 0) is 6.54 Å². The molecule has 3 aromatic carbocycles. The highest BCUT2D eigenvalue weighted by atomic mass is 16.5. The van der Waals surface area contributed by atoms with Crippen LogP contribution in [0.15, 0.2) is 84.9 Å². The molecule has 0 bridgehead atoms. The summed E-state index contributed by atoms with van der Waals surface area (Å²) in [5.74, 6) is 1.89. The topological polar surface area (TPSA) is 96.9 Å². The third-order valence-corrected chi connectivity index (χ3v) is 5.18. The van der Waals surface area contributed by atoms with Crippen LogP contribution in [-0.4, -0.2) is 32.9 Å². The lowest BCUT2D eigenvalue weighted by Gasteiger charge is -2.07. The molecule has 0 radical (unpaired) electrons. The Morgan fingerprint density at radius 1 is 0.970 bits per heavy atom. The summed E-state index contributed by atoms with van der Waals surface area (Å²) in [5, 5.41) is 10.3. The van der Waals surface area contributed by atoms with Gasteiger partial charge in [0, 0.05) is 11.8 Å². The van der Waals surface area contributed by atoms with Crippen molar-refractivity contribution in [1.82, 2.24) is 19.7 Å². The van der Waals surface area contributed by atoms with Gasteiger partial charge >= 0.3 is 6.03 Å². The van der Waals surface area contributed by atoms with E-state index in [2.05, 4.69) is 20.7 Å². The largest absolute Gasteiger partial charge is 0.497 e. The fraction of sp³-hybridized carbons (Fsp3) is 0.0800. The minimum atomic E-state index is -0.369. The van der Waals surface area contributed by atoms with Gasteiger partial charge in [-0.25, -0.2) is 9.78 Å². The molecular formula is C25H22N6O2. The van der Waals surface area contributed by atoms with Crippen molar-refractivity contribution < 1.29 is 9.53 Å². The van der Waals surface area contributed by atoms with Gasteiger partial charge in [0.1, 0.15) is 11.4 Å². The van der Waals surface area contributed by atoms with Gasteiger partial charge < -0.3 is 15.0 Å². The first-order chi connectivity index (χ1) is 16.2. The maximum atomic E-state index is 12.5. The summed E-state index contributed by atoms with van der Waals surface area (Å²) in [4.78, 5) is 20.6. The average molecular weight is 438 g/mol. The Balaban J connectivity index is 1.45. The number of carbonyl (C=O) groups excluding carboxylic acids is 1. The molecule has 0 aliphatic rings. The molecule has 0 unspecified atom stereocenters. The highest BCUT2D eigenvalue weighted by Crippen LogP contribution is 2.25. The zero-order valence-corrected chi connectivity index (χ0v) is 17.9. The number of rotatable bonds is 6. The monoisotopic (exact) mass is 438 g/mol. The van der Waals surface area contributed by atoms with Gasteiger partial charge in [-0.1, -0.05) is 42.5 Å². The minimum absolute atomic E-state index is 0.369. The number of anilines is 2. The number of carbonyl (C=O) groups is 1. The van der Waals surface area contributed by atoms with Gasteiger partial charge in [-0.15, -0.1) is 0 Å². The number of amides is 2. The number of H-pyrrole nitrogens is 1. The van der Waals surface area contributed by atoms with E-state index >= 15 is 0 Å². The molecule has 8 heteroatoms. The molecule has 0 aliphatic heterocycles. The Hall–Kier alpha value is -4.59. The van der Waals surface area contributed by atoms with E-state index in [-0.39, 0.29) is 6.03 Å². The van der Waals surface area contributed by atoms with Crippen LogP contribution in [0.5, 0.6) is 5.75 Å². The standard InChI is InChI=1S/C25H22N6O2/c1-33-19-13-11-17(12-14-19)16-31-22(24-27-20-9-5-6-10-21(20)28-24)15-23(30-31)29-25(32)26-18-7-3-2-4-8-18/h2-15H,16H2,1H3,(H,27,28)(H2,26,29,30,32). The molecule has 0 spiro atoms. The number of hydrogen-bond acceptors (Lipinski definition) is 4. The molecule has 0 saturated carbocycles. The Labute approximate surface area is 190 Å². The first-order valence-corrected chi connectivity index (χ1v) is 10.5. The molecule has 0 saturated heterocycles. The van der Waals surface area contributed by atoms with Crippen molar-refractivity contribution in [1.29, 1.82) is 0 Å². The quantitative estimate of drug-likeness (QED) is 0.342. The molecule has 5 aromatic rings. The smallest absolute Gasteiger partial charge is 0.324 e. The fourth-order valence-corrected chi connectivity index (χ4v) is 3.57. The summed E-state index contributed by atoms with van der Waals surface area (Å²) in [6.45, 7) is 0.498. The van der Waals surface area contributed by atoms with Crippen molar-refractivity contribution in [2.45, 2.75) is 6.54 Å². The van der Waals surface area contributed by atoms with Gasteiger partial charge in [0.15, 0.2) is 11.6 Å². The van der Waals surface area contributed by atoms with Crippen molar-refractivity contribution >= 4 is 28.6 Å². The Morgan fingerprint density at radius 3 is 2.48 bits per heavy atom. The normalized spacial score (nSPS) is 10.8. The SMILES string of the molecule is COc1ccc(Cn2nc(NC(=O)Nc3ccccc3)cc2-c2nc3ccccc3[nH]2)cc1. The van der Waals surface area contributed by atoms with E-state index in [1.54, 1.807) is 7.11 Å². The molecule has 8 nitrogen and oxygen atoms in total. The summed E-state index contributed by atoms with van der Waals surface area (Å²) in [6.07, 6.45) is 0. The van der Waals surface area contributed by atoms with Crippen LogP contribution < -0.4 is 15.4 Å². The van der Waals surface area contributed by atoms with Crippen LogP contribution in [0.25, 0.3) is 22.6 Å². The molecule has 0 aliphatic carbocycles. The maximum absolute atomic E-state index is 12.5. The first kappa shape index (κ1) is 20.3. The Bertz CT molecular complexity index is 1360. The number of aromatic nitrogens is 4. The zero-order chi connectivity index (χ0) is 22.6. The second kappa shape index (κ2) is 8.88. The van der Waals surface area contributed by atoms with Crippen molar-refractivity contribution in [3.8, 4) is 17.3 Å². The lowest BCUT2D eigenvalue weighted by Crippen LogP contribution is -2.19. The first-order valence-electron chi connectivity index (χ1n) is 10.5. The van der Waals surface area contributed by atoms with Crippen LogP contribution in [0, 0.1) is 0 Å². The average Bonchev–Trinajstić information content (AvgIpc) is 3.44. The molecule has 33 heavy (non-hydrogen) atoms. The van der Waals surface area contributed by atoms with E-state index in [1.165, 1.54) is 0 Å². The lowest BCUT2D eigenvalue weighted by atomic mass is 10.2. The third-order valence-electron chi connectivity index (χ3n) is 5.18. The number of imidazole rings is 1. The van der Waals surface area contributed by atoms with E-state index in [9.17, 15) is 4.79 Å². The zero-order valence-electron chi connectivity index (χ0n) is 17.9. The van der Waals surface area contributed by atoms with Crippen molar-refractivity contribution in [3.05, 3.63) is 90.5 Å². The molecule has 5 rings (SSSR count). The molecule has 164 valence electrons. The van der Waals surface area contributed by atoms with Gasteiger partial charge in [0.2, 0.25) is 0 Å². The predicted molar refractivity (Wildman–Crippen MR) is 128 cm³/mol. The predicted octanol–water partition coefficient (Wildman–Crippen LogP) is 5.13. The van der Waals surface area contributed by atoms with Crippen molar-refractivity contribution in [2.24, 2.45) is 0 Å². The summed E-state index contributed by atoms with van der Waals surface area (Å²) in [6, 6.07) is 26.3. The fourth-order valence-electron chi connectivity index (χ4n) is 3.57. The number of ether oxygens (including phenoxy) is 1. The van der Waals surface area contributed by atoms with E-state index in [4.69, 9.17) is 9.72 Å². The number of nitrogens with zero attached hydrogens (tertiary/aromatic N) is 3. The van der Waals surface area contributed by atoms with Crippen LogP contribution >= 0.6 is 0 Å². The number of fused-ring (bicyclic) bond motifs is 1. The van der Waals surface area contributed by atoms with Crippen LogP contribution in [0.3, 0.4) is 0 Å². The molecule has 0 atom stereocenters. The van der Waals surface area contributed by atoms with Gasteiger partial charge in [-0.05, 0) is 42.0 Å². The number of nitrogens with one attached hydrogen (secondary N) is 3. The lowest BCUT2D eigenvalue weighted by molar-refractivity contribution is 0.262. The molecule has 3 N–H and O–H groups in total. The number of benzene rings is 3.